The highest BCUT2D eigenvalue weighted by atomic mass is 16.7. The summed E-state index contributed by atoms with van der Waals surface area (Å²) in [5.74, 6) is 1.88. The maximum atomic E-state index is 13.0. The molecule has 6 rings (SSSR count). The van der Waals surface area contributed by atoms with Gasteiger partial charge in [-0.1, -0.05) is 44.2 Å². The van der Waals surface area contributed by atoms with Crippen molar-refractivity contribution in [2.75, 3.05) is 6.79 Å². The molecule has 0 fully saturated rings. The van der Waals surface area contributed by atoms with Gasteiger partial charge in [-0.15, -0.1) is 5.10 Å². The zero-order valence-corrected chi connectivity index (χ0v) is 17.7. The Balaban J connectivity index is 1.40. The van der Waals surface area contributed by atoms with E-state index in [0.717, 1.165) is 22.3 Å². The number of hydrogen-bond acceptors (Lipinski definition) is 5. The smallest absolute Gasteiger partial charge is 0.350 e. The van der Waals surface area contributed by atoms with Crippen LogP contribution in [-0.4, -0.2) is 30.6 Å². The van der Waals surface area contributed by atoms with Gasteiger partial charge in [0.15, 0.2) is 17.1 Å². The molecule has 5 aromatic rings. The van der Waals surface area contributed by atoms with E-state index >= 15 is 0 Å². The van der Waals surface area contributed by atoms with Crippen molar-refractivity contribution < 1.29 is 9.47 Å². The summed E-state index contributed by atoms with van der Waals surface area (Å²) in [6, 6.07) is 16.0. The van der Waals surface area contributed by atoms with Crippen LogP contribution < -0.4 is 15.2 Å². The number of hydrogen-bond donors (Lipinski definition) is 0. The van der Waals surface area contributed by atoms with Gasteiger partial charge in [0.25, 0.3) is 0 Å². The van der Waals surface area contributed by atoms with E-state index < -0.39 is 0 Å². The molecule has 0 amide bonds. The molecule has 8 nitrogen and oxygen atoms in total. The van der Waals surface area contributed by atoms with Gasteiger partial charge in [-0.05, 0) is 35.2 Å². The molecule has 160 valence electrons. The third-order valence-electron chi connectivity index (χ3n) is 5.83. The first kappa shape index (κ1) is 18.7. The third-order valence-corrected chi connectivity index (χ3v) is 5.83. The summed E-state index contributed by atoms with van der Waals surface area (Å²) < 4.78 is 15.6. The minimum absolute atomic E-state index is 0.204. The van der Waals surface area contributed by atoms with Gasteiger partial charge in [0.05, 0.1) is 12.2 Å². The summed E-state index contributed by atoms with van der Waals surface area (Å²) in [7, 11) is 0. The Labute approximate surface area is 183 Å². The Hall–Kier alpha value is -4.07. The predicted molar refractivity (Wildman–Crippen MR) is 119 cm³/mol. The summed E-state index contributed by atoms with van der Waals surface area (Å²) in [5, 5.41) is 9.30. The highest BCUT2D eigenvalue weighted by Gasteiger charge is 2.16. The molecule has 3 aromatic heterocycles. The molecule has 1 aliphatic rings. The van der Waals surface area contributed by atoms with Crippen LogP contribution in [0.1, 0.15) is 30.9 Å². The first-order chi connectivity index (χ1) is 15.6. The molecule has 0 radical (unpaired) electrons. The lowest BCUT2D eigenvalue weighted by Gasteiger charge is -2.05. The van der Waals surface area contributed by atoms with E-state index in [-0.39, 0.29) is 12.5 Å². The van der Waals surface area contributed by atoms with Crippen LogP contribution in [0.5, 0.6) is 11.5 Å². The minimum atomic E-state index is -0.204. The second-order valence-electron chi connectivity index (χ2n) is 8.26. The van der Waals surface area contributed by atoms with E-state index in [9.17, 15) is 4.79 Å². The van der Waals surface area contributed by atoms with E-state index in [1.165, 1.54) is 10.2 Å². The van der Waals surface area contributed by atoms with E-state index in [1.54, 1.807) is 21.3 Å². The number of fused-ring (bicyclic) bond motifs is 4. The largest absolute Gasteiger partial charge is 0.454 e. The zero-order chi connectivity index (χ0) is 21.8. The van der Waals surface area contributed by atoms with E-state index in [0.29, 0.717) is 29.6 Å². The van der Waals surface area contributed by atoms with Crippen molar-refractivity contribution in [2.45, 2.75) is 26.3 Å². The van der Waals surface area contributed by atoms with Gasteiger partial charge >= 0.3 is 5.69 Å². The number of rotatable bonds is 4. The highest BCUT2D eigenvalue weighted by Crippen LogP contribution is 2.32. The average Bonchev–Trinajstić information content (AvgIpc) is 3.51. The number of nitrogens with zero attached hydrogens (tertiary/aromatic N) is 5. The summed E-state index contributed by atoms with van der Waals surface area (Å²) in [4.78, 5) is 13.0. The van der Waals surface area contributed by atoms with E-state index in [1.807, 2.05) is 24.3 Å². The second kappa shape index (κ2) is 6.98. The number of ether oxygens (including phenoxy) is 2. The molecule has 0 N–H and O–H groups in total. The molecule has 2 aromatic carbocycles. The van der Waals surface area contributed by atoms with Crippen molar-refractivity contribution in [3.8, 4) is 22.8 Å². The summed E-state index contributed by atoms with van der Waals surface area (Å²) in [6.45, 7) is 4.90. The molecule has 4 heterocycles. The maximum Gasteiger partial charge on any atom is 0.350 e. The van der Waals surface area contributed by atoms with Crippen molar-refractivity contribution in [2.24, 2.45) is 0 Å². The normalized spacial score (nSPS) is 13.0. The lowest BCUT2D eigenvalue weighted by Crippen LogP contribution is -2.21. The van der Waals surface area contributed by atoms with E-state index in [4.69, 9.17) is 14.6 Å². The van der Waals surface area contributed by atoms with Crippen LogP contribution in [0, 0.1) is 0 Å². The first-order valence-corrected chi connectivity index (χ1v) is 10.5. The van der Waals surface area contributed by atoms with Gasteiger partial charge in [-0.2, -0.15) is 5.10 Å². The average molecular weight is 427 g/mol. The molecule has 0 saturated heterocycles. The molecule has 1 aliphatic heterocycles. The minimum Gasteiger partial charge on any atom is -0.454 e. The Bertz CT molecular complexity index is 1530. The third kappa shape index (κ3) is 2.95. The zero-order valence-electron chi connectivity index (χ0n) is 17.7. The molecule has 8 heteroatoms. The van der Waals surface area contributed by atoms with Crippen molar-refractivity contribution in [1.29, 1.82) is 0 Å². The molecule has 32 heavy (non-hydrogen) atoms. The van der Waals surface area contributed by atoms with Crippen molar-refractivity contribution in [3.05, 3.63) is 82.5 Å². The summed E-state index contributed by atoms with van der Waals surface area (Å²) in [5.41, 5.74) is 5.20. The fourth-order valence-corrected chi connectivity index (χ4v) is 4.03. The van der Waals surface area contributed by atoms with Crippen molar-refractivity contribution in [1.82, 2.24) is 23.8 Å². The Morgan fingerprint density at radius 1 is 0.969 bits per heavy atom. The van der Waals surface area contributed by atoms with Gasteiger partial charge in [-0.3, -0.25) is 0 Å². The lowest BCUT2D eigenvalue weighted by molar-refractivity contribution is 0.174. The fraction of sp³-hybridized carbons (Fsp3) is 0.208. The van der Waals surface area contributed by atoms with Gasteiger partial charge in [0, 0.05) is 18.0 Å². The molecule has 0 spiro atoms. The molecule has 0 bridgehead atoms. The van der Waals surface area contributed by atoms with Crippen molar-refractivity contribution in [3.63, 3.8) is 0 Å². The molecular weight excluding hydrogens is 406 g/mol. The van der Waals surface area contributed by atoms with Crippen LogP contribution >= 0.6 is 0 Å². The lowest BCUT2D eigenvalue weighted by atomic mass is 10.0. The summed E-state index contributed by atoms with van der Waals surface area (Å²) in [6.07, 6.45) is 3.48. The SMILES string of the molecule is CC(C)c1ccc(-c2cc3c4nn(Cc5ccc6c(c5)OCO6)c(=O)n4ccn3n2)cc1. The molecule has 0 unspecified atom stereocenters. The quantitative estimate of drug-likeness (QED) is 0.437. The van der Waals surface area contributed by atoms with Crippen LogP contribution in [0.15, 0.2) is 65.7 Å². The van der Waals surface area contributed by atoms with Crippen LogP contribution in [0.2, 0.25) is 0 Å². The fourth-order valence-electron chi connectivity index (χ4n) is 4.03. The standard InChI is InChI=1S/C24H21N5O3/c1-15(2)17-4-6-18(7-5-17)19-12-20-23-26-29(24(30)27(23)9-10-28(20)25-19)13-16-3-8-21-22(11-16)32-14-31-21/h3-12,15H,13-14H2,1-2H3. The van der Waals surface area contributed by atoms with Gasteiger partial charge in [-0.25, -0.2) is 18.4 Å². The van der Waals surface area contributed by atoms with Crippen molar-refractivity contribution >= 4 is 11.2 Å². The Kier molecular flexibility index (Phi) is 4.07. The van der Waals surface area contributed by atoms with Gasteiger partial charge < -0.3 is 9.47 Å². The predicted octanol–water partition coefficient (Wildman–Crippen LogP) is 3.71. The molecule has 0 saturated carbocycles. The molecule has 0 aliphatic carbocycles. The topological polar surface area (TPSA) is 75.1 Å². The monoisotopic (exact) mass is 427 g/mol. The molecular formula is C24H21N5O3. The Morgan fingerprint density at radius 3 is 2.59 bits per heavy atom. The van der Waals surface area contributed by atoms with Gasteiger partial charge in [0.1, 0.15) is 5.52 Å². The first-order valence-electron chi connectivity index (χ1n) is 10.5. The van der Waals surface area contributed by atoms with E-state index in [2.05, 4.69) is 43.2 Å². The van der Waals surface area contributed by atoms with Crippen LogP contribution in [0.3, 0.4) is 0 Å². The van der Waals surface area contributed by atoms with Gasteiger partial charge in [0.2, 0.25) is 6.79 Å². The molecule has 0 atom stereocenters. The van der Waals surface area contributed by atoms with Crippen LogP contribution in [0.25, 0.3) is 22.4 Å². The Morgan fingerprint density at radius 2 is 1.78 bits per heavy atom. The number of aromatic nitrogens is 5. The maximum absolute atomic E-state index is 13.0. The second-order valence-corrected chi connectivity index (χ2v) is 8.26. The van der Waals surface area contributed by atoms with Crippen LogP contribution in [-0.2, 0) is 6.54 Å². The highest BCUT2D eigenvalue weighted by molar-refractivity contribution is 5.76. The van der Waals surface area contributed by atoms with Crippen LogP contribution in [0.4, 0.5) is 0 Å². The summed E-state index contributed by atoms with van der Waals surface area (Å²) >= 11 is 0. The number of benzene rings is 2.